The molecule has 6 nitrogen and oxygen atoms in total. The molecule has 0 bridgehead atoms. The van der Waals surface area contributed by atoms with Crippen LogP contribution < -0.4 is 16.6 Å². The molecule has 0 aromatic heterocycles. The molecule has 4 N–H and O–H groups in total. The summed E-state index contributed by atoms with van der Waals surface area (Å²) in [6.07, 6.45) is 6.15. The Kier molecular flexibility index (Phi) is 4.44. The summed E-state index contributed by atoms with van der Waals surface area (Å²) >= 11 is 0. The lowest BCUT2D eigenvalue weighted by atomic mass is 9.83. The fraction of sp³-hybridized carbons (Fsp3) is 0.571. The van der Waals surface area contributed by atoms with Crippen molar-refractivity contribution in [2.45, 2.75) is 39.0 Å². The van der Waals surface area contributed by atoms with Crippen LogP contribution in [0.2, 0.25) is 0 Å². The molecule has 1 aliphatic carbocycles. The standard InChI is InChI=1S/C14H22N4O2/c1-2-14(5-3-4-6-14)10-16-11-7-12(17-15)9-13(8-11)18(19)20/h7-9,16-17H,2-6,10,15H2,1H3. The number of hydrogen-bond donors (Lipinski definition) is 3. The SMILES string of the molecule is CCC1(CNc2cc(NN)cc([N+](=O)[O-])c2)CCCC1. The molecule has 0 atom stereocenters. The minimum Gasteiger partial charge on any atom is -0.384 e. The monoisotopic (exact) mass is 278 g/mol. The Hall–Kier alpha value is -1.82. The summed E-state index contributed by atoms with van der Waals surface area (Å²) in [6.45, 7) is 3.07. The second-order valence-electron chi connectivity index (χ2n) is 5.58. The zero-order valence-electron chi connectivity index (χ0n) is 11.8. The number of non-ortho nitro benzene ring substituents is 1. The predicted molar refractivity (Wildman–Crippen MR) is 80.6 cm³/mol. The number of nitrogens with one attached hydrogen (secondary N) is 2. The van der Waals surface area contributed by atoms with E-state index in [4.69, 9.17) is 5.84 Å². The summed E-state index contributed by atoms with van der Waals surface area (Å²) < 4.78 is 0. The molecule has 0 unspecified atom stereocenters. The van der Waals surface area contributed by atoms with Crippen LogP contribution in [0, 0.1) is 15.5 Å². The van der Waals surface area contributed by atoms with Gasteiger partial charge in [-0.3, -0.25) is 16.0 Å². The molecule has 1 saturated carbocycles. The third-order valence-corrected chi connectivity index (χ3v) is 4.38. The molecule has 110 valence electrons. The lowest BCUT2D eigenvalue weighted by Gasteiger charge is -2.28. The maximum Gasteiger partial charge on any atom is 0.273 e. The van der Waals surface area contributed by atoms with Crippen molar-refractivity contribution in [3.05, 3.63) is 28.3 Å². The number of nitrogen functional groups attached to an aromatic ring is 1. The molecule has 1 aromatic carbocycles. The van der Waals surface area contributed by atoms with E-state index in [0.29, 0.717) is 11.1 Å². The highest BCUT2D eigenvalue weighted by molar-refractivity contribution is 5.63. The Bertz CT molecular complexity index is 484. The van der Waals surface area contributed by atoms with Gasteiger partial charge in [0.15, 0.2) is 0 Å². The van der Waals surface area contributed by atoms with E-state index in [0.717, 1.165) is 18.7 Å². The summed E-state index contributed by atoms with van der Waals surface area (Å²) in [4.78, 5) is 10.5. The predicted octanol–water partition coefficient (Wildman–Crippen LogP) is 3.26. The molecular weight excluding hydrogens is 256 g/mol. The lowest BCUT2D eigenvalue weighted by molar-refractivity contribution is -0.384. The minimum atomic E-state index is -0.406. The summed E-state index contributed by atoms with van der Waals surface area (Å²) in [5.74, 6) is 5.36. The first-order valence-electron chi connectivity index (χ1n) is 7.08. The summed E-state index contributed by atoms with van der Waals surface area (Å²) in [6, 6.07) is 4.78. The Morgan fingerprint density at radius 1 is 1.30 bits per heavy atom. The summed E-state index contributed by atoms with van der Waals surface area (Å²) in [5.41, 5.74) is 4.13. The van der Waals surface area contributed by atoms with Gasteiger partial charge in [0.2, 0.25) is 0 Å². The highest BCUT2D eigenvalue weighted by Gasteiger charge is 2.31. The largest absolute Gasteiger partial charge is 0.384 e. The van der Waals surface area contributed by atoms with Crippen LogP contribution in [-0.2, 0) is 0 Å². The van der Waals surface area contributed by atoms with E-state index in [9.17, 15) is 10.1 Å². The topological polar surface area (TPSA) is 93.2 Å². The van der Waals surface area contributed by atoms with Crippen LogP contribution in [0.1, 0.15) is 39.0 Å². The van der Waals surface area contributed by atoms with Gasteiger partial charge >= 0.3 is 0 Å². The molecule has 0 amide bonds. The molecule has 0 heterocycles. The highest BCUT2D eigenvalue weighted by Crippen LogP contribution is 2.41. The Labute approximate surface area is 118 Å². The van der Waals surface area contributed by atoms with Crippen molar-refractivity contribution in [1.82, 2.24) is 0 Å². The van der Waals surface area contributed by atoms with E-state index >= 15 is 0 Å². The van der Waals surface area contributed by atoms with Gasteiger partial charge in [-0.25, -0.2) is 0 Å². The fourth-order valence-electron chi connectivity index (χ4n) is 2.97. The first-order chi connectivity index (χ1) is 9.58. The number of hydrogen-bond acceptors (Lipinski definition) is 5. The van der Waals surface area contributed by atoms with Crippen LogP contribution in [0.25, 0.3) is 0 Å². The van der Waals surface area contributed by atoms with Crippen LogP contribution in [0.4, 0.5) is 17.1 Å². The second kappa shape index (κ2) is 6.09. The third kappa shape index (κ3) is 3.19. The van der Waals surface area contributed by atoms with Crippen molar-refractivity contribution in [1.29, 1.82) is 0 Å². The zero-order valence-corrected chi connectivity index (χ0v) is 11.8. The van der Waals surface area contributed by atoms with Gasteiger partial charge in [-0.15, -0.1) is 0 Å². The number of nitrogens with zero attached hydrogens (tertiary/aromatic N) is 1. The Balaban J connectivity index is 2.12. The zero-order chi connectivity index (χ0) is 14.6. The van der Waals surface area contributed by atoms with Gasteiger partial charge < -0.3 is 10.7 Å². The average molecular weight is 278 g/mol. The van der Waals surface area contributed by atoms with Gasteiger partial charge in [0.05, 0.1) is 10.6 Å². The van der Waals surface area contributed by atoms with Crippen LogP contribution in [0.15, 0.2) is 18.2 Å². The number of anilines is 2. The lowest BCUT2D eigenvalue weighted by Crippen LogP contribution is -2.26. The summed E-state index contributed by atoms with van der Waals surface area (Å²) in [5, 5.41) is 14.3. The minimum absolute atomic E-state index is 0.0416. The van der Waals surface area contributed by atoms with Crippen LogP contribution >= 0.6 is 0 Å². The second-order valence-corrected chi connectivity index (χ2v) is 5.58. The molecule has 1 aliphatic rings. The van der Waals surface area contributed by atoms with Crippen molar-refractivity contribution in [2.75, 3.05) is 17.3 Å². The first-order valence-corrected chi connectivity index (χ1v) is 7.08. The van der Waals surface area contributed by atoms with E-state index in [-0.39, 0.29) is 5.69 Å². The number of hydrazine groups is 1. The van der Waals surface area contributed by atoms with E-state index in [1.807, 2.05) is 0 Å². The third-order valence-electron chi connectivity index (χ3n) is 4.38. The van der Waals surface area contributed by atoms with Crippen molar-refractivity contribution in [3.63, 3.8) is 0 Å². The normalized spacial score (nSPS) is 16.9. The maximum absolute atomic E-state index is 10.9. The van der Waals surface area contributed by atoms with Gasteiger partial charge in [0, 0.05) is 24.4 Å². The van der Waals surface area contributed by atoms with Crippen molar-refractivity contribution in [2.24, 2.45) is 11.3 Å². The van der Waals surface area contributed by atoms with Crippen molar-refractivity contribution in [3.8, 4) is 0 Å². The van der Waals surface area contributed by atoms with E-state index < -0.39 is 4.92 Å². The van der Waals surface area contributed by atoms with E-state index in [1.165, 1.54) is 31.7 Å². The molecular formula is C14H22N4O2. The van der Waals surface area contributed by atoms with Crippen molar-refractivity contribution < 1.29 is 4.92 Å². The smallest absolute Gasteiger partial charge is 0.273 e. The molecule has 20 heavy (non-hydrogen) atoms. The average Bonchev–Trinajstić information content (AvgIpc) is 2.94. The maximum atomic E-state index is 10.9. The number of rotatable bonds is 6. The van der Waals surface area contributed by atoms with Crippen LogP contribution in [-0.4, -0.2) is 11.5 Å². The van der Waals surface area contributed by atoms with Gasteiger partial charge in [0.1, 0.15) is 0 Å². The molecule has 6 heteroatoms. The van der Waals surface area contributed by atoms with Gasteiger partial charge in [-0.2, -0.15) is 0 Å². The number of benzene rings is 1. The Morgan fingerprint density at radius 2 is 1.95 bits per heavy atom. The number of nitrogens with two attached hydrogens (primary N) is 1. The first kappa shape index (κ1) is 14.6. The van der Waals surface area contributed by atoms with Crippen LogP contribution in [0.3, 0.4) is 0 Å². The summed E-state index contributed by atoms with van der Waals surface area (Å²) in [7, 11) is 0. The van der Waals surface area contributed by atoms with Gasteiger partial charge in [-0.05, 0) is 30.7 Å². The van der Waals surface area contributed by atoms with Crippen molar-refractivity contribution >= 4 is 17.1 Å². The van der Waals surface area contributed by atoms with E-state index in [1.54, 1.807) is 12.1 Å². The van der Waals surface area contributed by atoms with Crippen LogP contribution in [0.5, 0.6) is 0 Å². The Morgan fingerprint density at radius 3 is 2.50 bits per heavy atom. The molecule has 1 fully saturated rings. The fourth-order valence-corrected chi connectivity index (χ4v) is 2.97. The molecule has 0 spiro atoms. The molecule has 0 radical (unpaired) electrons. The molecule has 1 aromatic rings. The molecule has 2 rings (SSSR count). The van der Waals surface area contributed by atoms with Gasteiger partial charge in [-0.1, -0.05) is 19.8 Å². The molecule has 0 aliphatic heterocycles. The number of nitro benzene ring substituents is 1. The van der Waals surface area contributed by atoms with Gasteiger partial charge in [0.25, 0.3) is 5.69 Å². The highest BCUT2D eigenvalue weighted by atomic mass is 16.6. The quantitative estimate of drug-likeness (QED) is 0.422. The molecule has 0 saturated heterocycles. The van der Waals surface area contributed by atoms with E-state index in [2.05, 4.69) is 17.7 Å². The number of nitro groups is 1.